The predicted octanol–water partition coefficient (Wildman–Crippen LogP) is 4.72. The van der Waals surface area contributed by atoms with Crippen LogP contribution in [0.25, 0.3) is 0 Å². The molecular formula is C19H22N2. The second-order valence-corrected chi connectivity index (χ2v) is 6.03. The van der Waals surface area contributed by atoms with E-state index in [0.717, 1.165) is 17.8 Å². The van der Waals surface area contributed by atoms with E-state index >= 15 is 0 Å². The van der Waals surface area contributed by atoms with Crippen LogP contribution in [0.15, 0.2) is 42.5 Å². The summed E-state index contributed by atoms with van der Waals surface area (Å²) < 4.78 is 0. The highest BCUT2D eigenvalue weighted by molar-refractivity contribution is 5.48. The first kappa shape index (κ1) is 15.1. The highest BCUT2D eigenvalue weighted by Crippen LogP contribution is 2.24. The fourth-order valence-electron chi connectivity index (χ4n) is 2.27. The third-order valence-corrected chi connectivity index (χ3v) is 4.09. The summed E-state index contributed by atoms with van der Waals surface area (Å²) in [6.07, 6.45) is 0. The van der Waals surface area contributed by atoms with Crippen molar-refractivity contribution >= 4 is 5.69 Å². The van der Waals surface area contributed by atoms with Gasteiger partial charge in [-0.2, -0.15) is 5.26 Å². The smallest absolute Gasteiger partial charge is 0.0766 e. The van der Waals surface area contributed by atoms with Crippen LogP contribution < -0.4 is 5.32 Å². The summed E-state index contributed by atoms with van der Waals surface area (Å²) >= 11 is 0. The molecule has 2 rings (SSSR count). The molecule has 0 saturated carbocycles. The van der Waals surface area contributed by atoms with Crippen LogP contribution in [-0.2, 0) is 12.0 Å². The van der Waals surface area contributed by atoms with Crippen molar-refractivity contribution in [2.75, 3.05) is 5.32 Å². The van der Waals surface area contributed by atoms with Crippen molar-refractivity contribution in [3.05, 3.63) is 64.7 Å². The van der Waals surface area contributed by atoms with E-state index in [0.29, 0.717) is 0 Å². The Hall–Kier alpha value is -2.27. The Bertz CT molecular complexity index is 661. The summed E-state index contributed by atoms with van der Waals surface area (Å²) in [6.45, 7) is 8.98. The van der Waals surface area contributed by atoms with E-state index in [1.807, 2.05) is 38.1 Å². The summed E-state index contributed by atoms with van der Waals surface area (Å²) in [7, 11) is 0. The molecule has 2 nitrogen and oxygen atoms in total. The van der Waals surface area contributed by atoms with Crippen molar-refractivity contribution in [1.29, 1.82) is 5.26 Å². The summed E-state index contributed by atoms with van der Waals surface area (Å²) in [4.78, 5) is 0. The fourth-order valence-corrected chi connectivity index (χ4v) is 2.27. The first-order valence-corrected chi connectivity index (χ1v) is 7.25. The molecule has 0 aromatic heterocycles. The second-order valence-electron chi connectivity index (χ2n) is 6.03. The Morgan fingerprint density at radius 2 is 1.71 bits per heavy atom. The lowest BCUT2D eigenvalue weighted by molar-refractivity contribution is 0.687. The summed E-state index contributed by atoms with van der Waals surface area (Å²) in [5, 5.41) is 12.6. The molecule has 0 spiro atoms. The zero-order valence-electron chi connectivity index (χ0n) is 13.2. The number of hydrogen-bond acceptors (Lipinski definition) is 2. The zero-order chi connectivity index (χ0) is 15.5. The van der Waals surface area contributed by atoms with E-state index in [9.17, 15) is 0 Å². The Morgan fingerprint density at radius 3 is 2.33 bits per heavy atom. The molecule has 108 valence electrons. The van der Waals surface area contributed by atoms with Gasteiger partial charge in [0, 0.05) is 12.2 Å². The monoisotopic (exact) mass is 278 g/mol. The van der Waals surface area contributed by atoms with Gasteiger partial charge in [0.2, 0.25) is 0 Å². The number of hydrogen-bond donors (Lipinski definition) is 1. The molecule has 0 radical (unpaired) electrons. The molecule has 0 aliphatic heterocycles. The maximum Gasteiger partial charge on any atom is 0.0766 e. The van der Waals surface area contributed by atoms with Crippen molar-refractivity contribution in [2.24, 2.45) is 0 Å². The molecule has 0 saturated heterocycles. The Kier molecular flexibility index (Phi) is 4.33. The van der Waals surface area contributed by atoms with Crippen molar-refractivity contribution in [2.45, 2.75) is 39.7 Å². The van der Waals surface area contributed by atoms with Crippen LogP contribution in [0, 0.1) is 25.2 Å². The van der Waals surface area contributed by atoms with Crippen molar-refractivity contribution < 1.29 is 0 Å². The molecule has 0 heterocycles. The van der Waals surface area contributed by atoms with Crippen LogP contribution in [0.1, 0.15) is 36.1 Å². The minimum Gasteiger partial charge on any atom is -0.381 e. The van der Waals surface area contributed by atoms with Gasteiger partial charge in [-0.1, -0.05) is 30.3 Å². The number of anilines is 1. The maximum absolute atomic E-state index is 9.16. The van der Waals surface area contributed by atoms with Gasteiger partial charge in [-0.05, 0) is 62.1 Å². The lowest BCUT2D eigenvalue weighted by Gasteiger charge is -2.16. The molecule has 2 aromatic carbocycles. The van der Waals surface area contributed by atoms with Gasteiger partial charge in [-0.25, -0.2) is 0 Å². The minimum absolute atomic E-state index is 0.439. The van der Waals surface area contributed by atoms with Crippen LogP contribution in [0.3, 0.4) is 0 Å². The largest absolute Gasteiger partial charge is 0.381 e. The molecule has 2 heteroatoms. The Morgan fingerprint density at radius 1 is 1.05 bits per heavy atom. The van der Waals surface area contributed by atoms with E-state index in [2.05, 4.69) is 43.4 Å². The second kappa shape index (κ2) is 6.01. The van der Waals surface area contributed by atoms with Gasteiger partial charge in [0.1, 0.15) is 0 Å². The molecule has 2 aromatic rings. The SMILES string of the molecule is Cc1cccc(CNc2ccc(C(C)(C)C#N)cc2)c1C. The summed E-state index contributed by atoms with van der Waals surface area (Å²) in [5.41, 5.74) is 5.66. The third kappa shape index (κ3) is 3.44. The van der Waals surface area contributed by atoms with Crippen LogP contribution >= 0.6 is 0 Å². The number of nitrogens with one attached hydrogen (secondary N) is 1. The summed E-state index contributed by atoms with van der Waals surface area (Å²) in [5.74, 6) is 0. The fraction of sp³-hybridized carbons (Fsp3) is 0.316. The number of rotatable bonds is 4. The first-order valence-electron chi connectivity index (χ1n) is 7.25. The van der Waals surface area contributed by atoms with Crippen LogP contribution in [0.2, 0.25) is 0 Å². The zero-order valence-corrected chi connectivity index (χ0v) is 13.2. The van der Waals surface area contributed by atoms with Crippen LogP contribution in [0.4, 0.5) is 5.69 Å². The molecule has 1 N–H and O–H groups in total. The van der Waals surface area contributed by atoms with Gasteiger partial charge in [-0.15, -0.1) is 0 Å². The van der Waals surface area contributed by atoms with Gasteiger partial charge in [0.15, 0.2) is 0 Å². The van der Waals surface area contributed by atoms with Crippen molar-refractivity contribution in [3.8, 4) is 6.07 Å². The minimum atomic E-state index is -0.439. The van der Waals surface area contributed by atoms with Gasteiger partial charge < -0.3 is 5.32 Å². The molecule has 0 bridgehead atoms. The normalized spacial score (nSPS) is 11.0. The van der Waals surface area contributed by atoms with E-state index in [1.165, 1.54) is 16.7 Å². The number of benzene rings is 2. The molecule has 0 atom stereocenters. The number of aryl methyl sites for hydroxylation is 1. The van der Waals surface area contributed by atoms with Crippen molar-refractivity contribution in [3.63, 3.8) is 0 Å². The molecule has 0 unspecified atom stereocenters. The quantitative estimate of drug-likeness (QED) is 0.878. The van der Waals surface area contributed by atoms with E-state index < -0.39 is 5.41 Å². The molecular weight excluding hydrogens is 256 g/mol. The van der Waals surface area contributed by atoms with Crippen LogP contribution in [-0.4, -0.2) is 0 Å². The van der Waals surface area contributed by atoms with E-state index in [1.54, 1.807) is 0 Å². The van der Waals surface area contributed by atoms with Gasteiger partial charge in [0.25, 0.3) is 0 Å². The first-order chi connectivity index (χ1) is 9.94. The Balaban J connectivity index is 2.08. The lowest BCUT2D eigenvalue weighted by atomic mass is 9.86. The third-order valence-electron chi connectivity index (χ3n) is 4.09. The molecule has 21 heavy (non-hydrogen) atoms. The maximum atomic E-state index is 9.16. The van der Waals surface area contributed by atoms with Crippen LogP contribution in [0.5, 0.6) is 0 Å². The molecule has 0 aliphatic carbocycles. The predicted molar refractivity (Wildman–Crippen MR) is 88.3 cm³/mol. The van der Waals surface area contributed by atoms with Gasteiger partial charge >= 0.3 is 0 Å². The van der Waals surface area contributed by atoms with Crippen molar-refractivity contribution in [1.82, 2.24) is 0 Å². The molecule has 0 amide bonds. The molecule has 0 aliphatic rings. The van der Waals surface area contributed by atoms with E-state index in [-0.39, 0.29) is 0 Å². The average Bonchev–Trinajstić information content (AvgIpc) is 2.49. The standard InChI is InChI=1S/C19H22N2/c1-14-6-5-7-16(15(14)2)12-21-18-10-8-17(9-11-18)19(3,4)13-20/h5-11,21H,12H2,1-4H3. The number of nitrogens with zero attached hydrogens (tertiary/aromatic N) is 1. The Labute approximate surface area is 127 Å². The number of nitriles is 1. The highest BCUT2D eigenvalue weighted by atomic mass is 14.9. The van der Waals surface area contributed by atoms with Gasteiger partial charge in [0.05, 0.1) is 11.5 Å². The lowest BCUT2D eigenvalue weighted by Crippen LogP contribution is -2.13. The topological polar surface area (TPSA) is 35.8 Å². The molecule has 0 fully saturated rings. The van der Waals surface area contributed by atoms with E-state index in [4.69, 9.17) is 5.26 Å². The van der Waals surface area contributed by atoms with Gasteiger partial charge in [-0.3, -0.25) is 0 Å². The average molecular weight is 278 g/mol. The highest BCUT2D eigenvalue weighted by Gasteiger charge is 2.18. The summed E-state index contributed by atoms with van der Waals surface area (Å²) in [6, 6.07) is 16.8.